The molecule has 2 aromatic carbocycles. The van der Waals surface area contributed by atoms with Gasteiger partial charge in [-0.05, 0) is 48.1 Å². The Kier molecular flexibility index (Phi) is 7.02. The number of aryl methyl sites for hydroxylation is 1. The second kappa shape index (κ2) is 9.88. The third-order valence-electron chi connectivity index (χ3n) is 4.36. The van der Waals surface area contributed by atoms with E-state index in [4.69, 9.17) is 0 Å². The second-order valence-electron chi connectivity index (χ2n) is 6.66. The fourth-order valence-electron chi connectivity index (χ4n) is 2.84. The molecule has 1 heterocycles. The van der Waals surface area contributed by atoms with Crippen molar-refractivity contribution in [1.29, 1.82) is 0 Å². The van der Waals surface area contributed by atoms with E-state index in [1.807, 2.05) is 25.1 Å². The van der Waals surface area contributed by atoms with Crippen LogP contribution in [0.2, 0.25) is 0 Å². The third-order valence-corrected chi connectivity index (χ3v) is 4.86. The van der Waals surface area contributed by atoms with Gasteiger partial charge >= 0.3 is 0 Å². The lowest BCUT2D eigenvalue weighted by atomic mass is 10.1. The van der Waals surface area contributed by atoms with Gasteiger partial charge in [0, 0.05) is 18.5 Å². The maximum Gasteiger partial charge on any atom is 0.275 e. The first kappa shape index (κ1) is 20.6. The molecule has 0 aliphatic heterocycles. The summed E-state index contributed by atoms with van der Waals surface area (Å²) in [6.07, 6.45) is 0.621. The number of rotatable bonds is 8. The van der Waals surface area contributed by atoms with Crippen LogP contribution in [0.15, 0.2) is 53.9 Å². The predicted octanol–water partition coefficient (Wildman–Crippen LogP) is 2.99. The Hall–Kier alpha value is -3.13. The van der Waals surface area contributed by atoms with E-state index in [9.17, 15) is 14.0 Å². The Bertz CT molecular complexity index is 961. The van der Waals surface area contributed by atoms with E-state index >= 15 is 0 Å². The number of nitrogens with one attached hydrogen (secondary N) is 1. The average Bonchev–Trinajstić information content (AvgIpc) is 3.25. The van der Waals surface area contributed by atoms with Crippen LogP contribution < -0.4 is 5.32 Å². The molecule has 0 saturated heterocycles. The largest absolute Gasteiger partial charge is 0.350 e. The highest BCUT2D eigenvalue weighted by molar-refractivity contribution is 7.03. The average molecular weight is 412 g/mol. The zero-order valence-corrected chi connectivity index (χ0v) is 16.8. The third kappa shape index (κ3) is 6.18. The molecule has 6 nitrogen and oxygen atoms in total. The van der Waals surface area contributed by atoms with Crippen LogP contribution in [0.3, 0.4) is 0 Å². The molecule has 29 heavy (non-hydrogen) atoms. The fraction of sp³-hybridized carbons (Fsp3) is 0.238. The maximum absolute atomic E-state index is 13.0. The topological polar surface area (TPSA) is 75.2 Å². The molecule has 0 aliphatic carbocycles. The van der Waals surface area contributed by atoms with Gasteiger partial charge in [0.2, 0.25) is 5.91 Å². The molecule has 0 spiro atoms. The first-order valence-electron chi connectivity index (χ1n) is 9.14. The van der Waals surface area contributed by atoms with Gasteiger partial charge in [-0.25, -0.2) is 4.39 Å². The van der Waals surface area contributed by atoms with Crippen molar-refractivity contribution in [3.63, 3.8) is 0 Å². The number of carbonyl (C=O) groups excluding carboxylic acids is 2. The van der Waals surface area contributed by atoms with Crippen molar-refractivity contribution >= 4 is 23.3 Å². The van der Waals surface area contributed by atoms with E-state index < -0.39 is 0 Å². The van der Waals surface area contributed by atoms with Crippen LogP contribution in [0, 0.1) is 12.7 Å². The Morgan fingerprint density at radius 2 is 1.93 bits per heavy atom. The standard InChI is InChI=1S/C21H21FN4O2S/c1-15-3-2-4-16(11-15)9-10-26(21(28)19-14-29-25-24-19)13-20(27)23-12-17-5-7-18(22)8-6-17/h2-8,11,14H,9-10,12-13H2,1H3,(H,23,27). The number of hydrogen-bond acceptors (Lipinski definition) is 5. The van der Waals surface area contributed by atoms with Gasteiger partial charge in [0.05, 0.1) is 6.54 Å². The number of nitrogens with zero attached hydrogens (tertiary/aromatic N) is 3. The molecule has 3 aromatic rings. The van der Waals surface area contributed by atoms with Gasteiger partial charge in [0.15, 0.2) is 5.69 Å². The normalized spacial score (nSPS) is 10.6. The number of carbonyl (C=O) groups is 2. The molecule has 1 N–H and O–H groups in total. The van der Waals surface area contributed by atoms with Gasteiger partial charge in [-0.3, -0.25) is 9.59 Å². The lowest BCUT2D eigenvalue weighted by Crippen LogP contribution is -2.41. The van der Waals surface area contributed by atoms with Crippen molar-refractivity contribution in [2.24, 2.45) is 0 Å². The number of hydrogen-bond donors (Lipinski definition) is 1. The molecule has 0 fully saturated rings. The molecule has 0 unspecified atom stereocenters. The predicted molar refractivity (Wildman–Crippen MR) is 109 cm³/mol. The summed E-state index contributed by atoms with van der Waals surface area (Å²) in [6.45, 7) is 2.56. The monoisotopic (exact) mass is 412 g/mol. The van der Waals surface area contributed by atoms with Crippen LogP contribution in [0.1, 0.15) is 27.2 Å². The smallest absolute Gasteiger partial charge is 0.275 e. The molecule has 3 rings (SSSR count). The van der Waals surface area contributed by atoms with Crippen LogP contribution in [-0.4, -0.2) is 39.4 Å². The minimum Gasteiger partial charge on any atom is -0.350 e. The number of halogens is 1. The quantitative estimate of drug-likeness (QED) is 0.617. The Labute approximate surface area is 172 Å². The van der Waals surface area contributed by atoms with Crippen molar-refractivity contribution < 1.29 is 14.0 Å². The minimum atomic E-state index is -0.330. The molecule has 8 heteroatoms. The maximum atomic E-state index is 13.0. The molecule has 2 amide bonds. The second-order valence-corrected chi connectivity index (χ2v) is 7.27. The molecular weight excluding hydrogens is 391 g/mol. The summed E-state index contributed by atoms with van der Waals surface area (Å²) >= 11 is 1.09. The van der Waals surface area contributed by atoms with Gasteiger partial charge in [-0.15, -0.1) is 5.10 Å². The van der Waals surface area contributed by atoms with E-state index in [0.717, 1.165) is 28.2 Å². The van der Waals surface area contributed by atoms with Crippen molar-refractivity contribution in [2.75, 3.05) is 13.1 Å². The Morgan fingerprint density at radius 1 is 1.14 bits per heavy atom. The number of benzene rings is 2. The first-order valence-corrected chi connectivity index (χ1v) is 9.98. The van der Waals surface area contributed by atoms with Crippen LogP contribution in [0.25, 0.3) is 0 Å². The zero-order chi connectivity index (χ0) is 20.6. The molecule has 0 aliphatic rings. The van der Waals surface area contributed by atoms with Crippen LogP contribution >= 0.6 is 11.5 Å². The summed E-state index contributed by atoms with van der Waals surface area (Å²) in [5, 5.41) is 8.16. The summed E-state index contributed by atoms with van der Waals surface area (Å²) in [5.41, 5.74) is 3.23. The zero-order valence-electron chi connectivity index (χ0n) is 16.0. The van der Waals surface area contributed by atoms with Crippen LogP contribution in [-0.2, 0) is 17.8 Å². The van der Waals surface area contributed by atoms with Crippen LogP contribution in [0.5, 0.6) is 0 Å². The molecule has 150 valence electrons. The summed E-state index contributed by atoms with van der Waals surface area (Å²) < 4.78 is 16.7. The van der Waals surface area contributed by atoms with Crippen molar-refractivity contribution in [1.82, 2.24) is 19.8 Å². The lowest BCUT2D eigenvalue weighted by Gasteiger charge is -2.21. The van der Waals surface area contributed by atoms with E-state index in [2.05, 4.69) is 21.0 Å². The summed E-state index contributed by atoms with van der Waals surface area (Å²) in [5.74, 6) is -0.955. The van der Waals surface area contributed by atoms with Crippen molar-refractivity contribution in [3.8, 4) is 0 Å². The summed E-state index contributed by atoms with van der Waals surface area (Å²) in [7, 11) is 0. The molecule has 0 saturated carbocycles. The van der Waals surface area contributed by atoms with Gasteiger partial charge in [-0.1, -0.05) is 46.4 Å². The fourth-order valence-corrected chi connectivity index (χ4v) is 3.27. The number of aromatic nitrogens is 2. The van der Waals surface area contributed by atoms with E-state index in [1.165, 1.54) is 17.0 Å². The highest BCUT2D eigenvalue weighted by atomic mass is 32.1. The lowest BCUT2D eigenvalue weighted by molar-refractivity contribution is -0.122. The van der Waals surface area contributed by atoms with E-state index in [1.54, 1.807) is 17.5 Å². The van der Waals surface area contributed by atoms with Crippen molar-refractivity contribution in [3.05, 3.63) is 82.1 Å². The van der Waals surface area contributed by atoms with Gasteiger partial charge in [-0.2, -0.15) is 0 Å². The minimum absolute atomic E-state index is 0.0939. The molecule has 0 radical (unpaired) electrons. The highest BCUT2D eigenvalue weighted by Gasteiger charge is 2.21. The van der Waals surface area contributed by atoms with E-state index in [-0.39, 0.29) is 36.4 Å². The molecule has 0 bridgehead atoms. The highest BCUT2D eigenvalue weighted by Crippen LogP contribution is 2.09. The first-order chi connectivity index (χ1) is 14.0. The van der Waals surface area contributed by atoms with Gasteiger partial charge < -0.3 is 10.2 Å². The SMILES string of the molecule is Cc1cccc(CCN(CC(=O)NCc2ccc(F)cc2)C(=O)c2csnn2)c1. The molecule has 1 aromatic heterocycles. The van der Waals surface area contributed by atoms with Crippen LogP contribution in [0.4, 0.5) is 4.39 Å². The van der Waals surface area contributed by atoms with Gasteiger partial charge in [0.25, 0.3) is 5.91 Å². The Balaban J connectivity index is 1.62. The number of amides is 2. The summed E-state index contributed by atoms with van der Waals surface area (Å²) in [6, 6.07) is 13.9. The molecular formula is C21H21FN4O2S. The molecule has 0 atom stereocenters. The van der Waals surface area contributed by atoms with Crippen molar-refractivity contribution in [2.45, 2.75) is 19.9 Å². The summed E-state index contributed by atoms with van der Waals surface area (Å²) in [4.78, 5) is 26.6. The van der Waals surface area contributed by atoms with E-state index in [0.29, 0.717) is 13.0 Å². The van der Waals surface area contributed by atoms with Gasteiger partial charge in [0.1, 0.15) is 5.82 Å². The Morgan fingerprint density at radius 3 is 2.62 bits per heavy atom.